The molecule has 2 amide bonds. The van der Waals surface area contributed by atoms with Gasteiger partial charge in [-0.1, -0.05) is 18.2 Å². The van der Waals surface area contributed by atoms with Crippen molar-refractivity contribution in [3.05, 3.63) is 83.9 Å². The Morgan fingerprint density at radius 3 is 2.14 bits per heavy atom. The summed E-state index contributed by atoms with van der Waals surface area (Å²) in [6, 6.07) is 19.5. The lowest BCUT2D eigenvalue weighted by atomic mass is 10.1. The summed E-state index contributed by atoms with van der Waals surface area (Å²) in [6.07, 6.45) is 0. The Kier molecular flexibility index (Phi) is 7.45. The van der Waals surface area contributed by atoms with E-state index < -0.39 is 15.9 Å². The van der Waals surface area contributed by atoms with Gasteiger partial charge >= 0.3 is 0 Å². The lowest BCUT2D eigenvalue weighted by Gasteiger charge is -2.26. The Labute approximate surface area is 203 Å². The molecule has 0 spiro atoms. The number of hydrogen-bond donors (Lipinski definition) is 2. The zero-order chi connectivity index (χ0) is 24.8. The minimum Gasteiger partial charge on any atom is -0.495 e. The Bertz CT molecular complexity index is 1300. The summed E-state index contributed by atoms with van der Waals surface area (Å²) in [5, 5.41) is 5.50. The maximum atomic E-state index is 13.0. The Morgan fingerprint density at radius 1 is 0.857 bits per heavy atom. The molecule has 4 rings (SSSR count). The van der Waals surface area contributed by atoms with E-state index in [0.717, 1.165) is 0 Å². The van der Waals surface area contributed by atoms with Crippen molar-refractivity contribution in [2.24, 2.45) is 0 Å². The predicted octanol–water partition coefficient (Wildman–Crippen LogP) is 3.22. The average Bonchev–Trinajstić information content (AvgIpc) is 2.90. The fraction of sp³-hybridized carbons (Fsp3) is 0.200. The standard InChI is InChI=1S/C25H25N3O6S/c1-33-23-12-11-21(35(31,32)28-13-15-34-16-14-28)17-22(23)27-25(30)19-7-9-20(10-8-19)26-24(29)18-5-3-2-4-6-18/h2-12,17H,13-16H2,1H3,(H,26,29)(H,27,30). The van der Waals surface area contributed by atoms with Crippen LogP contribution >= 0.6 is 0 Å². The van der Waals surface area contributed by atoms with E-state index in [0.29, 0.717) is 35.8 Å². The highest BCUT2D eigenvalue weighted by Crippen LogP contribution is 2.30. The highest BCUT2D eigenvalue weighted by atomic mass is 32.2. The van der Waals surface area contributed by atoms with E-state index >= 15 is 0 Å². The molecule has 0 unspecified atom stereocenters. The molecule has 0 saturated carbocycles. The molecule has 0 atom stereocenters. The van der Waals surface area contributed by atoms with Crippen LogP contribution in [-0.4, -0.2) is 58.0 Å². The molecule has 1 aliphatic heterocycles. The molecule has 0 bridgehead atoms. The van der Waals surface area contributed by atoms with Gasteiger partial charge in [0.15, 0.2) is 0 Å². The first-order valence-electron chi connectivity index (χ1n) is 10.9. The first-order chi connectivity index (χ1) is 16.9. The highest BCUT2D eigenvalue weighted by molar-refractivity contribution is 7.89. The smallest absolute Gasteiger partial charge is 0.255 e. The van der Waals surface area contributed by atoms with Gasteiger partial charge < -0.3 is 20.1 Å². The largest absolute Gasteiger partial charge is 0.495 e. The van der Waals surface area contributed by atoms with Crippen LogP contribution < -0.4 is 15.4 Å². The molecule has 3 aromatic rings. The normalized spacial score (nSPS) is 14.2. The molecule has 1 fully saturated rings. The number of ether oxygens (including phenoxy) is 2. The maximum absolute atomic E-state index is 13.0. The fourth-order valence-corrected chi connectivity index (χ4v) is 5.01. The van der Waals surface area contributed by atoms with Crippen LogP contribution in [0.4, 0.5) is 11.4 Å². The Balaban J connectivity index is 1.49. The van der Waals surface area contributed by atoms with Gasteiger partial charge in [-0.25, -0.2) is 8.42 Å². The number of hydrogen-bond acceptors (Lipinski definition) is 6. The third-order valence-electron chi connectivity index (χ3n) is 5.47. The summed E-state index contributed by atoms with van der Waals surface area (Å²) in [5.41, 5.74) is 1.61. The van der Waals surface area contributed by atoms with Crippen molar-refractivity contribution in [2.75, 3.05) is 44.0 Å². The molecule has 1 heterocycles. The van der Waals surface area contributed by atoms with Gasteiger partial charge in [0, 0.05) is 29.9 Å². The van der Waals surface area contributed by atoms with Crippen molar-refractivity contribution in [2.45, 2.75) is 4.90 Å². The van der Waals surface area contributed by atoms with E-state index in [4.69, 9.17) is 9.47 Å². The molecule has 1 aliphatic rings. The number of nitrogens with one attached hydrogen (secondary N) is 2. The first-order valence-corrected chi connectivity index (χ1v) is 12.4. The SMILES string of the molecule is COc1ccc(S(=O)(=O)N2CCOCC2)cc1NC(=O)c1ccc(NC(=O)c2ccccc2)cc1. The third-order valence-corrected chi connectivity index (χ3v) is 7.36. The maximum Gasteiger partial charge on any atom is 0.255 e. The lowest BCUT2D eigenvalue weighted by Crippen LogP contribution is -2.40. The monoisotopic (exact) mass is 495 g/mol. The molecule has 1 saturated heterocycles. The average molecular weight is 496 g/mol. The number of nitrogens with zero attached hydrogens (tertiary/aromatic N) is 1. The number of methoxy groups -OCH3 is 1. The number of anilines is 2. The van der Waals surface area contributed by atoms with E-state index in [9.17, 15) is 18.0 Å². The third kappa shape index (κ3) is 5.68. The van der Waals surface area contributed by atoms with Gasteiger partial charge in [-0.05, 0) is 54.6 Å². The summed E-state index contributed by atoms with van der Waals surface area (Å²) in [7, 11) is -2.31. The van der Waals surface area contributed by atoms with Crippen LogP contribution in [0.3, 0.4) is 0 Å². The minimum absolute atomic E-state index is 0.0504. The summed E-state index contributed by atoms with van der Waals surface area (Å²) in [6.45, 7) is 1.20. The van der Waals surface area contributed by atoms with Crippen LogP contribution in [0.2, 0.25) is 0 Å². The van der Waals surface area contributed by atoms with Crippen molar-refractivity contribution in [1.82, 2.24) is 4.31 Å². The van der Waals surface area contributed by atoms with Gasteiger partial charge in [0.05, 0.1) is 30.9 Å². The summed E-state index contributed by atoms with van der Waals surface area (Å²) < 4.78 is 37.9. The highest BCUT2D eigenvalue weighted by Gasteiger charge is 2.27. The zero-order valence-electron chi connectivity index (χ0n) is 19.1. The van der Waals surface area contributed by atoms with E-state index in [2.05, 4.69) is 10.6 Å². The summed E-state index contributed by atoms with van der Waals surface area (Å²) in [4.78, 5) is 25.2. The fourth-order valence-electron chi connectivity index (χ4n) is 3.57. The van der Waals surface area contributed by atoms with Gasteiger partial charge in [-0.3, -0.25) is 9.59 Å². The van der Waals surface area contributed by atoms with Crippen LogP contribution in [0.1, 0.15) is 20.7 Å². The molecule has 2 N–H and O–H groups in total. The van der Waals surface area contributed by atoms with Crippen molar-refractivity contribution < 1.29 is 27.5 Å². The predicted molar refractivity (Wildman–Crippen MR) is 131 cm³/mol. The van der Waals surface area contributed by atoms with Crippen molar-refractivity contribution in [3.63, 3.8) is 0 Å². The molecule has 0 aliphatic carbocycles. The molecular weight excluding hydrogens is 470 g/mol. The summed E-state index contributed by atoms with van der Waals surface area (Å²) >= 11 is 0. The lowest BCUT2D eigenvalue weighted by molar-refractivity contribution is 0.0730. The second-order valence-electron chi connectivity index (χ2n) is 7.73. The van der Waals surface area contributed by atoms with Gasteiger partial charge in [0.1, 0.15) is 5.75 Å². The van der Waals surface area contributed by atoms with Gasteiger partial charge in [-0.2, -0.15) is 4.31 Å². The molecule has 0 radical (unpaired) electrons. The number of carbonyl (C=O) groups excluding carboxylic acids is 2. The number of amides is 2. The molecule has 3 aromatic carbocycles. The second-order valence-corrected chi connectivity index (χ2v) is 9.67. The number of sulfonamides is 1. The van der Waals surface area contributed by atoms with E-state index in [1.807, 2.05) is 6.07 Å². The first kappa shape index (κ1) is 24.4. The minimum atomic E-state index is -3.74. The Hall–Kier alpha value is -3.73. The zero-order valence-corrected chi connectivity index (χ0v) is 19.9. The van der Waals surface area contributed by atoms with Crippen molar-refractivity contribution in [1.29, 1.82) is 0 Å². The second kappa shape index (κ2) is 10.7. The van der Waals surface area contributed by atoms with Crippen LogP contribution in [0.15, 0.2) is 77.7 Å². The van der Waals surface area contributed by atoms with Gasteiger partial charge in [0.2, 0.25) is 10.0 Å². The van der Waals surface area contributed by atoms with Crippen molar-refractivity contribution in [3.8, 4) is 5.75 Å². The topological polar surface area (TPSA) is 114 Å². The van der Waals surface area contributed by atoms with Crippen LogP contribution in [0.5, 0.6) is 5.75 Å². The quantitative estimate of drug-likeness (QED) is 0.520. The van der Waals surface area contributed by atoms with E-state index in [1.54, 1.807) is 48.5 Å². The van der Waals surface area contributed by atoms with E-state index in [1.165, 1.54) is 29.6 Å². The molecular formula is C25H25N3O6S. The molecule has 10 heteroatoms. The van der Waals surface area contributed by atoms with Crippen LogP contribution in [0.25, 0.3) is 0 Å². The molecule has 0 aromatic heterocycles. The number of carbonyl (C=O) groups is 2. The van der Waals surface area contributed by atoms with Crippen LogP contribution in [0, 0.1) is 0 Å². The van der Waals surface area contributed by atoms with E-state index in [-0.39, 0.29) is 29.6 Å². The molecule has 9 nitrogen and oxygen atoms in total. The molecule has 35 heavy (non-hydrogen) atoms. The van der Waals surface area contributed by atoms with Gasteiger partial charge in [-0.15, -0.1) is 0 Å². The molecule has 182 valence electrons. The van der Waals surface area contributed by atoms with Crippen LogP contribution in [-0.2, 0) is 14.8 Å². The Morgan fingerprint density at radius 2 is 1.49 bits per heavy atom. The number of benzene rings is 3. The number of rotatable bonds is 7. The van der Waals surface area contributed by atoms with Crippen molar-refractivity contribution >= 4 is 33.2 Å². The van der Waals surface area contributed by atoms with Gasteiger partial charge in [0.25, 0.3) is 11.8 Å². The summed E-state index contributed by atoms with van der Waals surface area (Å²) in [5.74, 6) is -0.387. The number of morpholine rings is 1.